The summed E-state index contributed by atoms with van der Waals surface area (Å²) >= 11 is 3.11. The van der Waals surface area contributed by atoms with Gasteiger partial charge in [-0.2, -0.15) is 0 Å². The first-order valence-corrected chi connectivity index (χ1v) is 11.3. The summed E-state index contributed by atoms with van der Waals surface area (Å²) in [6.45, 7) is 4.20. The van der Waals surface area contributed by atoms with E-state index in [1.165, 1.54) is 27.3 Å². The van der Waals surface area contributed by atoms with Crippen LogP contribution in [0.4, 0.5) is 5.00 Å². The van der Waals surface area contributed by atoms with Crippen molar-refractivity contribution in [3.8, 4) is 0 Å². The van der Waals surface area contributed by atoms with Gasteiger partial charge in [0.05, 0.1) is 17.9 Å². The molecular weight excluding hydrogens is 378 g/mol. The molecule has 1 aromatic heterocycles. The Bertz CT molecular complexity index is 829. The van der Waals surface area contributed by atoms with E-state index in [2.05, 4.69) is 30.4 Å². The third-order valence-corrected chi connectivity index (χ3v) is 6.70. The minimum atomic E-state index is -0.320. The first-order valence-electron chi connectivity index (χ1n) is 9.33. The standard InChI is InChI=1S/C21H25NO3S2/c1-3-25-21(24)19-16-9-4-5-10-17(16)27-20(19)22-18(23)13-26-12-15-8-6-7-14(2)11-15/h6-8,11H,3-5,9-10,12-13H2,1-2H3,(H,22,23). The van der Waals surface area contributed by atoms with E-state index in [0.717, 1.165) is 37.0 Å². The molecule has 3 rings (SSSR count). The molecule has 0 bridgehead atoms. The summed E-state index contributed by atoms with van der Waals surface area (Å²) in [5.41, 5.74) is 4.09. The number of hydrogen-bond donors (Lipinski definition) is 1. The zero-order valence-electron chi connectivity index (χ0n) is 15.8. The summed E-state index contributed by atoms with van der Waals surface area (Å²) in [7, 11) is 0. The molecule has 0 spiro atoms. The minimum Gasteiger partial charge on any atom is -0.462 e. The van der Waals surface area contributed by atoms with Crippen molar-refractivity contribution in [3.63, 3.8) is 0 Å². The van der Waals surface area contributed by atoms with Crippen molar-refractivity contribution in [1.29, 1.82) is 0 Å². The molecule has 0 saturated carbocycles. The fourth-order valence-electron chi connectivity index (χ4n) is 3.30. The molecular formula is C21H25NO3S2. The van der Waals surface area contributed by atoms with Crippen molar-refractivity contribution < 1.29 is 14.3 Å². The van der Waals surface area contributed by atoms with Crippen molar-refractivity contribution in [2.45, 2.75) is 45.3 Å². The molecule has 0 saturated heterocycles. The van der Waals surface area contributed by atoms with E-state index < -0.39 is 0 Å². The molecule has 4 nitrogen and oxygen atoms in total. The monoisotopic (exact) mass is 403 g/mol. The number of fused-ring (bicyclic) bond motifs is 1. The van der Waals surface area contributed by atoms with Crippen LogP contribution in [0.25, 0.3) is 0 Å². The summed E-state index contributed by atoms with van der Waals surface area (Å²) < 4.78 is 5.24. The lowest BCUT2D eigenvalue weighted by Crippen LogP contribution is -2.17. The summed E-state index contributed by atoms with van der Waals surface area (Å²) in [6.07, 6.45) is 4.08. The molecule has 1 aliphatic rings. The molecule has 0 atom stereocenters. The van der Waals surface area contributed by atoms with Gasteiger partial charge in [-0.05, 0) is 50.7 Å². The van der Waals surface area contributed by atoms with E-state index in [0.29, 0.717) is 22.9 Å². The number of hydrogen-bond acceptors (Lipinski definition) is 5. The van der Waals surface area contributed by atoms with Gasteiger partial charge in [-0.25, -0.2) is 4.79 Å². The molecule has 0 unspecified atom stereocenters. The van der Waals surface area contributed by atoms with Crippen molar-refractivity contribution >= 4 is 40.0 Å². The molecule has 1 N–H and O–H groups in total. The van der Waals surface area contributed by atoms with E-state index >= 15 is 0 Å². The molecule has 144 valence electrons. The van der Waals surface area contributed by atoms with Crippen LogP contribution in [-0.2, 0) is 28.1 Å². The first kappa shape index (κ1) is 20.0. The average Bonchev–Trinajstić information content (AvgIpc) is 2.99. The number of carbonyl (C=O) groups excluding carboxylic acids is 2. The molecule has 1 aromatic carbocycles. The Morgan fingerprint density at radius 3 is 2.85 bits per heavy atom. The highest BCUT2D eigenvalue weighted by atomic mass is 32.2. The predicted molar refractivity (Wildman–Crippen MR) is 113 cm³/mol. The molecule has 0 fully saturated rings. The number of amides is 1. The highest BCUT2D eigenvalue weighted by Gasteiger charge is 2.27. The Morgan fingerprint density at radius 1 is 1.26 bits per heavy atom. The zero-order valence-corrected chi connectivity index (χ0v) is 17.4. The van der Waals surface area contributed by atoms with E-state index in [1.807, 2.05) is 6.07 Å². The van der Waals surface area contributed by atoms with Gasteiger partial charge in [-0.15, -0.1) is 23.1 Å². The lowest BCUT2D eigenvalue weighted by molar-refractivity contribution is -0.113. The normalized spacial score (nSPS) is 13.1. The van der Waals surface area contributed by atoms with Gasteiger partial charge in [0.1, 0.15) is 5.00 Å². The number of carbonyl (C=O) groups is 2. The maximum atomic E-state index is 12.4. The maximum absolute atomic E-state index is 12.4. The van der Waals surface area contributed by atoms with Crippen molar-refractivity contribution in [3.05, 3.63) is 51.4 Å². The Kier molecular flexibility index (Phi) is 6.96. The number of benzene rings is 1. The van der Waals surface area contributed by atoms with E-state index in [4.69, 9.17) is 4.74 Å². The molecule has 2 aromatic rings. The number of aryl methyl sites for hydroxylation is 2. The topological polar surface area (TPSA) is 55.4 Å². The Morgan fingerprint density at radius 2 is 2.07 bits per heavy atom. The van der Waals surface area contributed by atoms with Crippen molar-refractivity contribution in [2.75, 3.05) is 17.7 Å². The second-order valence-corrected chi connectivity index (χ2v) is 8.76. The number of rotatable bonds is 7. The van der Waals surface area contributed by atoms with Crippen LogP contribution in [-0.4, -0.2) is 24.2 Å². The van der Waals surface area contributed by atoms with Crippen LogP contribution in [0.3, 0.4) is 0 Å². The minimum absolute atomic E-state index is 0.0724. The number of ether oxygens (including phenoxy) is 1. The van der Waals surface area contributed by atoms with Gasteiger partial charge in [0, 0.05) is 10.6 Å². The van der Waals surface area contributed by atoms with Crippen LogP contribution in [0, 0.1) is 6.92 Å². The number of thioether (sulfide) groups is 1. The smallest absolute Gasteiger partial charge is 0.341 e. The summed E-state index contributed by atoms with van der Waals surface area (Å²) in [6, 6.07) is 8.31. The predicted octanol–water partition coefficient (Wildman–Crippen LogP) is 4.98. The number of esters is 1. The maximum Gasteiger partial charge on any atom is 0.341 e. The van der Waals surface area contributed by atoms with Crippen LogP contribution >= 0.6 is 23.1 Å². The average molecular weight is 404 g/mol. The second-order valence-electron chi connectivity index (χ2n) is 6.67. The molecule has 1 amide bonds. The summed E-state index contributed by atoms with van der Waals surface area (Å²) in [5.74, 6) is 0.760. The van der Waals surface area contributed by atoms with Gasteiger partial charge < -0.3 is 10.1 Å². The third kappa shape index (κ3) is 5.14. The van der Waals surface area contributed by atoms with Crippen LogP contribution < -0.4 is 5.32 Å². The van der Waals surface area contributed by atoms with Gasteiger partial charge in [0.2, 0.25) is 5.91 Å². The van der Waals surface area contributed by atoms with Gasteiger partial charge in [-0.1, -0.05) is 29.8 Å². The fraction of sp³-hybridized carbons (Fsp3) is 0.429. The fourth-order valence-corrected chi connectivity index (χ4v) is 5.37. The van der Waals surface area contributed by atoms with E-state index in [1.54, 1.807) is 18.7 Å². The van der Waals surface area contributed by atoms with Crippen LogP contribution in [0.5, 0.6) is 0 Å². The lowest BCUT2D eigenvalue weighted by atomic mass is 9.95. The largest absolute Gasteiger partial charge is 0.462 e. The lowest BCUT2D eigenvalue weighted by Gasteiger charge is -2.12. The zero-order chi connectivity index (χ0) is 19.2. The van der Waals surface area contributed by atoms with Crippen LogP contribution in [0.1, 0.15) is 51.7 Å². The molecule has 0 aliphatic heterocycles. The number of thiophene rings is 1. The molecule has 1 heterocycles. The third-order valence-electron chi connectivity index (χ3n) is 4.49. The van der Waals surface area contributed by atoms with Gasteiger partial charge in [0.15, 0.2) is 0 Å². The number of nitrogens with one attached hydrogen (secondary N) is 1. The van der Waals surface area contributed by atoms with Crippen LogP contribution in [0.2, 0.25) is 0 Å². The van der Waals surface area contributed by atoms with Gasteiger partial charge >= 0.3 is 5.97 Å². The molecule has 27 heavy (non-hydrogen) atoms. The summed E-state index contributed by atoms with van der Waals surface area (Å²) in [4.78, 5) is 26.1. The molecule has 0 radical (unpaired) electrons. The number of anilines is 1. The van der Waals surface area contributed by atoms with Crippen molar-refractivity contribution in [1.82, 2.24) is 0 Å². The van der Waals surface area contributed by atoms with Gasteiger partial charge in [0.25, 0.3) is 0 Å². The summed E-state index contributed by atoms with van der Waals surface area (Å²) in [5, 5.41) is 3.62. The first-order chi connectivity index (χ1) is 13.1. The SMILES string of the molecule is CCOC(=O)c1c(NC(=O)CSCc2cccc(C)c2)sc2c1CCCC2. The Labute approximate surface area is 168 Å². The Balaban J connectivity index is 1.64. The van der Waals surface area contributed by atoms with Gasteiger partial charge in [-0.3, -0.25) is 4.79 Å². The highest BCUT2D eigenvalue weighted by Crippen LogP contribution is 2.38. The quantitative estimate of drug-likeness (QED) is 0.662. The van der Waals surface area contributed by atoms with Crippen molar-refractivity contribution in [2.24, 2.45) is 0 Å². The van der Waals surface area contributed by atoms with E-state index in [-0.39, 0.29) is 11.9 Å². The second kappa shape index (κ2) is 9.42. The molecule has 6 heteroatoms. The molecule has 1 aliphatic carbocycles. The highest BCUT2D eigenvalue weighted by molar-refractivity contribution is 7.99. The van der Waals surface area contributed by atoms with Crippen LogP contribution in [0.15, 0.2) is 24.3 Å². The van der Waals surface area contributed by atoms with E-state index in [9.17, 15) is 9.59 Å². The Hall–Kier alpha value is -1.79.